The Morgan fingerprint density at radius 2 is 1.87 bits per heavy atom. The lowest BCUT2D eigenvalue weighted by Gasteiger charge is -2.47. The Kier molecular flexibility index (Phi) is 4.73. The zero-order valence-corrected chi connectivity index (χ0v) is 17.2. The van der Waals surface area contributed by atoms with E-state index in [1.807, 2.05) is 24.3 Å². The first kappa shape index (κ1) is 19.7. The van der Waals surface area contributed by atoms with Crippen LogP contribution in [0.3, 0.4) is 0 Å². The summed E-state index contributed by atoms with van der Waals surface area (Å²) >= 11 is 0. The maximum absolute atomic E-state index is 13.7. The van der Waals surface area contributed by atoms with Crippen LogP contribution in [0.25, 0.3) is 22.6 Å². The van der Waals surface area contributed by atoms with Crippen molar-refractivity contribution in [3.05, 3.63) is 45.1 Å². The first-order valence-electron chi connectivity index (χ1n) is 10.5. The fraction of sp³-hybridized carbons (Fsp3) is 0.476. The molecule has 2 aliphatic heterocycles. The van der Waals surface area contributed by atoms with Crippen molar-refractivity contribution in [2.75, 3.05) is 7.05 Å². The van der Waals surface area contributed by atoms with E-state index in [0.717, 1.165) is 35.8 Å². The van der Waals surface area contributed by atoms with Crippen LogP contribution in [-0.2, 0) is 11.3 Å². The van der Waals surface area contributed by atoms with E-state index in [1.165, 1.54) is 6.42 Å². The average Bonchev–Trinajstić information content (AvgIpc) is 3.07. The van der Waals surface area contributed by atoms with Gasteiger partial charge in [0.2, 0.25) is 0 Å². The van der Waals surface area contributed by atoms with Crippen LogP contribution in [-0.4, -0.2) is 59.4 Å². The number of H-pyrrole nitrogens is 1. The quantitative estimate of drug-likeness (QED) is 0.645. The number of benzene rings is 1. The monoisotopic (exact) mass is 424 g/mol. The predicted molar refractivity (Wildman–Crippen MR) is 113 cm³/mol. The Balaban J connectivity index is 1.70. The van der Waals surface area contributed by atoms with Crippen molar-refractivity contribution in [2.24, 2.45) is 0 Å². The molecule has 2 saturated heterocycles. The van der Waals surface area contributed by atoms with Crippen molar-refractivity contribution in [2.45, 2.75) is 56.8 Å². The lowest BCUT2D eigenvalue weighted by Crippen LogP contribution is -2.51. The Labute approximate surface area is 177 Å². The number of carbonyl (C=O) groups is 1. The lowest BCUT2D eigenvalue weighted by atomic mass is 9.82. The number of hydrogen-bond acceptors (Lipinski definition) is 6. The summed E-state index contributed by atoms with van der Waals surface area (Å²) < 4.78 is 2.73. The minimum atomic E-state index is -1.20. The molecule has 1 unspecified atom stereocenters. The van der Waals surface area contributed by atoms with Gasteiger partial charge < -0.3 is 14.6 Å². The van der Waals surface area contributed by atoms with E-state index < -0.39 is 18.2 Å². The molecule has 1 aromatic carbocycles. The van der Waals surface area contributed by atoms with Crippen LogP contribution in [0, 0.1) is 0 Å². The summed E-state index contributed by atoms with van der Waals surface area (Å²) in [5, 5.41) is 15.4. The third-order valence-corrected chi connectivity index (χ3v) is 6.74. The van der Waals surface area contributed by atoms with E-state index >= 15 is 0 Å². The molecule has 31 heavy (non-hydrogen) atoms. The molecule has 162 valence electrons. The summed E-state index contributed by atoms with van der Waals surface area (Å²) in [6.45, 7) is -0.600. The first-order chi connectivity index (χ1) is 14.9. The molecule has 3 atom stereocenters. The fourth-order valence-electron chi connectivity index (χ4n) is 5.24. The van der Waals surface area contributed by atoms with E-state index in [9.17, 15) is 19.5 Å². The molecule has 0 aliphatic carbocycles. The Morgan fingerprint density at radius 1 is 1.16 bits per heavy atom. The fourth-order valence-corrected chi connectivity index (χ4v) is 5.24. The minimum Gasteiger partial charge on any atom is -0.480 e. The molecular weight excluding hydrogens is 400 g/mol. The van der Waals surface area contributed by atoms with Gasteiger partial charge in [0.25, 0.3) is 5.56 Å². The number of carboxylic acid groups (broad SMARTS) is 1. The molecule has 0 radical (unpaired) electrons. The first-order valence-corrected chi connectivity index (χ1v) is 10.5. The molecule has 2 aliphatic rings. The summed E-state index contributed by atoms with van der Waals surface area (Å²) in [4.78, 5) is 44.0. The van der Waals surface area contributed by atoms with Crippen molar-refractivity contribution in [1.29, 1.82) is 0 Å². The topological polar surface area (TPSA) is 126 Å². The summed E-state index contributed by atoms with van der Waals surface area (Å²) in [6.07, 6.45) is 5.17. The number of hydrogen-bond donors (Lipinski definition) is 2. The van der Waals surface area contributed by atoms with Crippen molar-refractivity contribution in [3.8, 4) is 11.5 Å². The van der Waals surface area contributed by atoms with Gasteiger partial charge in [0.1, 0.15) is 6.54 Å². The summed E-state index contributed by atoms with van der Waals surface area (Å²) in [5.41, 5.74) is 0.302. The zero-order valence-electron chi connectivity index (χ0n) is 17.2. The van der Waals surface area contributed by atoms with Crippen LogP contribution < -0.4 is 11.2 Å². The highest BCUT2D eigenvalue weighted by molar-refractivity contribution is 5.77. The number of piperidine rings is 2. The number of aromatic nitrogens is 5. The molecule has 2 fully saturated rings. The van der Waals surface area contributed by atoms with Crippen LogP contribution in [0.4, 0.5) is 0 Å². The van der Waals surface area contributed by atoms with Gasteiger partial charge in [-0.25, -0.2) is 14.9 Å². The summed E-state index contributed by atoms with van der Waals surface area (Å²) in [7, 11) is 2.16. The van der Waals surface area contributed by atoms with Crippen LogP contribution in [0.2, 0.25) is 0 Å². The summed E-state index contributed by atoms with van der Waals surface area (Å²) in [6, 6.07) is 8.28. The van der Waals surface area contributed by atoms with Gasteiger partial charge >= 0.3 is 11.7 Å². The van der Waals surface area contributed by atoms with Crippen molar-refractivity contribution in [1.82, 2.24) is 29.2 Å². The third-order valence-electron chi connectivity index (χ3n) is 6.74. The van der Waals surface area contributed by atoms with Gasteiger partial charge in [0, 0.05) is 18.1 Å². The van der Waals surface area contributed by atoms with E-state index in [0.29, 0.717) is 17.6 Å². The Hall–Kier alpha value is -3.27. The molecule has 2 N–H and O–H groups in total. The molecule has 5 rings (SSSR count). The Morgan fingerprint density at radius 3 is 2.58 bits per heavy atom. The third kappa shape index (κ3) is 3.27. The van der Waals surface area contributed by atoms with Crippen LogP contribution in [0.1, 0.15) is 38.1 Å². The highest BCUT2D eigenvalue weighted by Gasteiger charge is 2.38. The standard InChI is InChI=1S/C21H24N6O4/c1-25-12-5-4-6-13(25)10-14(9-12)27-16-8-3-2-7-15(16)22-18(20(27)30)19-23-24-21(31)26(19)11-17(28)29/h2-3,7-8,12-14H,4-6,9-11H2,1H3,(H,24,31)(H,28,29)/t12-,13+,14?. The second-order valence-corrected chi connectivity index (χ2v) is 8.49. The maximum atomic E-state index is 13.7. The predicted octanol–water partition coefficient (Wildman–Crippen LogP) is 1.22. The molecule has 2 aromatic heterocycles. The van der Waals surface area contributed by atoms with Gasteiger partial charge in [-0.1, -0.05) is 18.6 Å². The molecule has 2 bridgehead atoms. The number of para-hydroxylation sites is 2. The second-order valence-electron chi connectivity index (χ2n) is 8.49. The van der Waals surface area contributed by atoms with Crippen LogP contribution >= 0.6 is 0 Å². The number of nitrogens with zero attached hydrogens (tertiary/aromatic N) is 5. The number of fused-ring (bicyclic) bond motifs is 3. The molecule has 0 amide bonds. The molecular formula is C21H24N6O4. The van der Waals surface area contributed by atoms with Crippen LogP contribution in [0.15, 0.2) is 33.9 Å². The van der Waals surface area contributed by atoms with Crippen molar-refractivity contribution < 1.29 is 9.90 Å². The van der Waals surface area contributed by atoms with Gasteiger partial charge in [0.05, 0.1) is 11.0 Å². The van der Waals surface area contributed by atoms with Gasteiger partial charge in [-0.3, -0.25) is 14.2 Å². The van der Waals surface area contributed by atoms with Gasteiger partial charge in [-0.15, -0.1) is 0 Å². The van der Waals surface area contributed by atoms with Gasteiger partial charge in [-0.2, -0.15) is 5.10 Å². The summed E-state index contributed by atoms with van der Waals surface area (Å²) in [5.74, 6) is -1.25. The molecule has 4 heterocycles. The molecule has 0 spiro atoms. The highest BCUT2D eigenvalue weighted by atomic mass is 16.4. The smallest absolute Gasteiger partial charge is 0.344 e. The zero-order chi connectivity index (χ0) is 21.7. The van der Waals surface area contributed by atoms with Gasteiger partial charge in [-0.05, 0) is 44.9 Å². The lowest BCUT2D eigenvalue weighted by molar-refractivity contribution is -0.137. The second kappa shape index (κ2) is 7.45. The van der Waals surface area contributed by atoms with E-state index in [4.69, 9.17) is 0 Å². The molecule has 0 saturated carbocycles. The number of aromatic amines is 1. The average molecular weight is 424 g/mol. The maximum Gasteiger partial charge on any atom is 0.344 e. The van der Waals surface area contributed by atoms with Crippen molar-refractivity contribution >= 4 is 17.0 Å². The Bertz CT molecular complexity index is 1260. The van der Waals surface area contributed by atoms with Crippen molar-refractivity contribution in [3.63, 3.8) is 0 Å². The van der Waals surface area contributed by atoms with E-state index in [-0.39, 0.29) is 23.1 Å². The minimum absolute atomic E-state index is 0.00392. The molecule has 10 nitrogen and oxygen atoms in total. The van der Waals surface area contributed by atoms with Crippen LogP contribution in [0.5, 0.6) is 0 Å². The number of nitrogens with one attached hydrogen (secondary N) is 1. The number of carboxylic acids is 1. The van der Waals surface area contributed by atoms with E-state index in [2.05, 4.69) is 27.1 Å². The molecule has 10 heteroatoms. The normalized spacial score (nSPS) is 23.8. The van der Waals surface area contributed by atoms with E-state index in [1.54, 1.807) is 4.57 Å². The highest BCUT2D eigenvalue weighted by Crippen LogP contribution is 2.38. The molecule has 3 aromatic rings. The SMILES string of the molecule is CN1[C@@H]2CCC[C@H]1CC(n1c(=O)c(-c3n[nH]c(=O)n3CC(=O)O)nc3ccccc31)C2. The van der Waals surface area contributed by atoms with Gasteiger partial charge in [0.15, 0.2) is 11.5 Å². The number of aliphatic carboxylic acids is 1. The number of rotatable bonds is 4. The largest absolute Gasteiger partial charge is 0.480 e.